The van der Waals surface area contributed by atoms with Crippen LogP contribution in [0.1, 0.15) is 33.1 Å². The molecule has 0 aliphatic rings. The predicted molar refractivity (Wildman–Crippen MR) is 76.4 cm³/mol. The predicted octanol–water partition coefficient (Wildman–Crippen LogP) is -4.16. The Labute approximate surface area is 141 Å². The first kappa shape index (κ1) is 22.3. The molecule has 2 aromatic heterocycles. The van der Waals surface area contributed by atoms with Gasteiger partial charge >= 0.3 is 0 Å². The zero-order chi connectivity index (χ0) is 14.1. The topological polar surface area (TPSA) is 17.6 Å². The minimum absolute atomic E-state index is 0. The van der Waals surface area contributed by atoms with Crippen molar-refractivity contribution in [2.75, 3.05) is 0 Å². The van der Waals surface area contributed by atoms with Gasteiger partial charge in [0.2, 0.25) is 12.7 Å². The molecule has 0 unspecified atom stereocenters. The monoisotopic (exact) mass is 334 g/mol. The van der Waals surface area contributed by atoms with Crippen LogP contribution >= 0.6 is 0 Å². The van der Waals surface area contributed by atoms with E-state index in [2.05, 4.69) is 69.6 Å². The van der Waals surface area contributed by atoms with Crippen LogP contribution in [0.15, 0.2) is 37.4 Å². The molecule has 6 heteroatoms. The fourth-order valence-corrected chi connectivity index (χ4v) is 1.87. The molecule has 0 saturated carbocycles. The highest BCUT2D eigenvalue weighted by Crippen LogP contribution is 1.91. The van der Waals surface area contributed by atoms with Crippen LogP contribution in [0.3, 0.4) is 0 Å². The third-order valence-corrected chi connectivity index (χ3v) is 2.90. The average Bonchev–Trinajstić information content (AvgIpc) is 2.97. The molecule has 0 fully saturated rings. The molecule has 0 spiro atoms. The Kier molecular flexibility index (Phi) is 13.5. The van der Waals surface area contributed by atoms with E-state index in [4.69, 9.17) is 0 Å². The van der Waals surface area contributed by atoms with Crippen molar-refractivity contribution in [3.8, 4) is 0 Å². The maximum Gasteiger partial charge on any atom is 0.243 e. The van der Waals surface area contributed by atoms with Crippen molar-refractivity contribution >= 4 is 0 Å². The molecule has 2 rings (SSSR count). The van der Waals surface area contributed by atoms with Crippen molar-refractivity contribution in [3.63, 3.8) is 0 Å². The van der Waals surface area contributed by atoms with E-state index in [1.165, 1.54) is 19.3 Å². The first-order valence-corrected chi connectivity index (χ1v) is 7.17. The highest BCUT2D eigenvalue weighted by atomic mass is 35.5. The number of hydrogen-bond acceptors (Lipinski definition) is 0. The summed E-state index contributed by atoms with van der Waals surface area (Å²) >= 11 is 0. The summed E-state index contributed by atoms with van der Waals surface area (Å²) < 4.78 is 8.51. The molecule has 21 heavy (non-hydrogen) atoms. The SMILES string of the molecule is CCCCn1cc[n+](C)c1.CCCn1cc[n+](C)c1.[Cl-].[Cl-]. The second-order valence-electron chi connectivity index (χ2n) is 4.99. The lowest BCUT2D eigenvalue weighted by atomic mass is 10.3. The summed E-state index contributed by atoms with van der Waals surface area (Å²) in [6.45, 7) is 6.67. The van der Waals surface area contributed by atoms with Crippen molar-refractivity contribution in [2.24, 2.45) is 14.1 Å². The van der Waals surface area contributed by atoms with Gasteiger partial charge in [-0.05, 0) is 12.8 Å². The summed E-state index contributed by atoms with van der Waals surface area (Å²) in [5, 5.41) is 0. The van der Waals surface area contributed by atoms with Gasteiger partial charge < -0.3 is 24.8 Å². The highest BCUT2D eigenvalue weighted by Gasteiger charge is 1.96. The van der Waals surface area contributed by atoms with E-state index >= 15 is 0 Å². The third-order valence-electron chi connectivity index (χ3n) is 2.90. The zero-order valence-corrected chi connectivity index (χ0v) is 15.1. The summed E-state index contributed by atoms with van der Waals surface area (Å²) in [7, 11) is 4.08. The van der Waals surface area contributed by atoms with Crippen LogP contribution in [0.2, 0.25) is 0 Å². The molecule has 0 atom stereocenters. The Morgan fingerprint density at radius 2 is 1.24 bits per heavy atom. The van der Waals surface area contributed by atoms with Gasteiger partial charge in [-0.3, -0.25) is 0 Å². The van der Waals surface area contributed by atoms with Crippen LogP contribution in [0.25, 0.3) is 0 Å². The Hall–Kier alpha value is -1.00. The number of aryl methyl sites for hydroxylation is 4. The molecule has 0 amide bonds. The lowest BCUT2D eigenvalue weighted by Crippen LogP contribution is -3.00. The second kappa shape index (κ2) is 12.7. The number of imidazole rings is 2. The van der Waals surface area contributed by atoms with E-state index < -0.39 is 0 Å². The largest absolute Gasteiger partial charge is 1.00 e. The molecule has 0 saturated heterocycles. The van der Waals surface area contributed by atoms with Gasteiger partial charge in [0, 0.05) is 0 Å². The van der Waals surface area contributed by atoms with E-state index in [1.54, 1.807) is 0 Å². The van der Waals surface area contributed by atoms with E-state index in [0.717, 1.165) is 13.1 Å². The molecule has 2 heterocycles. The Bertz CT molecular complexity index is 466. The van der Waals surface area contributed by atoms with Gasteiger partial charge in [-0.25, -0.2) is 18.3 Å². The smallest absolute Gasteiger partial charge is 0.243 e. The van der Waals surface area contributed by atoms with Gasteiger partial charge in [0.15, 0.2) is 0 Å². The maximum absolute atomic E-state index is 2.21. The lowest BCUT2D eigenvalue weighted by molar-refractivity contribution is -0.671. The van der Waals surface area contributed by atoms with E-state index in [-0.39, 0.29) is 24.8 Å². The number of unbranched alkanes of at least 4 members (excludes halogenated alkanes) is 1. The van der Waals surface area contributed by atoms with Gasteiger partial charge in [0.05, 0.1) is 27.2 Å². The van der Waals surface area contributed by atoms with Crippen molar-refractivity contribution < 1.29 is 33.9 Å². The van der Waals surface area contributed by atoms with Crippen LogP contribution in [-0.2, 0) is 27.2 Å². The van der Waals surface area contributed by atoms with Crippen molar-refractivity contribution in [3.05, 3.63) is 37.4 Å². The molecule has 0 aromatic carbocycles. The standard InChI is InChI=1S/C8H15N2.C7H13N2.2ClH/c1-3-4-5-10-7-6-9(2)8-10;1-3-4-9-6-5-8(2)7-9;;/h6-8H,3-5H2,1-2H3;5-7H,3-4H2,1-2H3;2*1H/q2*+1;;/p-2. The molecule has 122 valence electrons. The van der Waals surface area contributed by atoms with Crippen LogP contribution in [0.5, 0.6) is 0 Å². The zero-order valence-electron chi connectivity index (χ0n) is 13.5. The summed E-state index contributed by atoms with van der Waals surface area (Å²) in [6, 6.07) is 0. The minimum atomic E-state index is 0. The first-order chi connectivity index (χ1) is 9.15. The highest BCUT2D eigenvalue weighted by molar-refractivity contribution is 4.65. The number of nitrogens with zero attached hydrogens (tertiary/aromatic N) is 4. The minimum Gasteiger partial charge on any atom is -1.00 e. The fourth-order valence-electron chi connectivity index (χ4n) is 1.87. The fraction of sp³-hybridized carbons (Fsp3) is 0.600. The Morgan fingerprint density at radius 3 is 1.57 bits per heavy atom. The molecular weight excluding hydrogens is 307 g/mol. The number of hydrogen-bond donors (Lipinski definition) is 0. The molecule has 4 nitrogen and oxygen atoms in total. The van der Waals surface area contributed by atoms with Crippen LogP contribution < -0.4 is 33.9 Å². The molecule has 0 bridgehead atoms. The summed E-state index contributed by atoms with van der Waals surface area (Å²) in [5.74, 6) is 0. The Balaban J connectivity index is 0. The molecule has 0 radical (unpaired) electrons. The summed E-state index contributed by atoms with van der Waals surface area (Å²) in [5.41, 5.74) is 0. The normalized spacial score (nSPS) is 9.14. The summed E-state index contributed by atoms with van der Waals surface area (Å²) in [6.07, 6.45) is 16.2. The number of aromatic nitrogens is 4. The first-order valence-electron chi connectivity index (χ1n) is 7.17. The van der Waals surface area contributed by atoms with Crippen LogP contribution in [0, 0.1) is 0 Å². The molecule has 0 aliphatic carbocycles. The number of rotatable bonds is 5. The average molecular weight is 335 g/mol. The van der Waals surface area contributed by atoms with E-state index in [0.29, 0.717) is 0 Å². The quantitative estimate of drug-likeness (QED) is 0.494. The van der Waals surface area contributed by atoms with Crippen molar-refractivity contribution in [2.45, 2.75) is 46.2 Å². The van der Waals surface area contributed by atoms with Gasteiger partial charge in [0.1, 0.15) is 24.8 Å². The molecule has 2 aromatic rings. The van der Waals surface area contributed by atoms with Gasteiger partial charge in [-0.15, -0.1) is 0 Å². The second-order valence-corrected chi connectivity index (χ2v) is 4.99. The van der Waals surface area contributed by atoms with Gasteiger partial charge in [-0.1, -0.05) is 20.3 Å². The summed E-state index contributed by atoms with van der Waals surface area (Å²) in [4.78, 5) is 0. The molecule has 0 aliphatic heterocycles. The Morgan fingerprint density at radius 1 is 0.762 bits per heavy atom. The third kappa shape index (κ3) is 9.53. The van der Waals surface area contributed by atoms with Gasteiger partial charge in [-0.2, -0.15) is 0 Å². The van der Waals surface area contributed by atoms with Crippen LogP contribution in [0.4, 0.5) is 0 Å². The van der Waals surface area contributed by atoms with Crippen molar-refractivity contribution in [1.82, 2.24) is 9.13 Å². The molecular formula is C15H28Cl2N4. The number of halogens is 2. The van der Waals surface area contributed by atoms with Gasteiger partial charge in [0.25, 0.3) is 0 Å². The lowest BCUT2D eigenvalue weighted by Gasteiger charge is -1.90. The van der Waals surface area contributed by atoms with Crippen molar-refractivity contribution in [1.29, 1.82) is 0 Å². The molecule has 0 N–H and O–H groups in total. The van der Waals surface area contributed by atoms with E-state index in [1.807, 2.05) is 14.1 Å². The van der Waals surface area contributed by atoms with Crippen LogP contribution in [-0.4, -0.2) is 9.13 Å². The maximum atomic E-state index is 2.21. The van der Waals surface area contributed by atoms with E-state index in [9.17, 15) is 0 Å².